The van der Waals surface area contributed by atoms with Crippen molar-refractivity contribution in [3.05, 3.63) is 53.4 Å². The average molecular weight is 358 g/mol. The normalized spacial score (nSPS) is 16.8. The van der Waals surface area contributed by atoms with Crippen LogP contribution in [0.25, 0.3) is 10.2 Å². The standard InChI is InChI=1S/C18H19FN4OS/c19-14-3-1-13(2-4-14)16(23-6-8-24-9-7-23)11-20-17-15-5-10-25-18(15)22-12-21-17/h1-5,10,12,16H,6-9,11H2,(H,20,21,22). The SMILES string of the molecule is Fc1ccc(C(CNc2ncnc3sccc23)N2CCOCC2)cc1. The van der Waals surface area contributed by atoms with Crippen molar-refractivity contribution in [2.75, 3.05) is 38.2 Å². The van der Waals surface area contributed by atoms with Crippen molar-refractivity contribution < 1.29 is 9.13 Å². The molecule has 1 saturated heterocycles. The monoisotopic (exact) mass is 358 g/mol. The summed E-state index contributed by atoms with van der Waals surface area (Å²) >= 11 is 1.60. The maximum atomic E-state index is 13.3. The average Bonchev–Trinajstić information content (AvgIpc) is 3.14. The molecule has 0 saturated carbocycles. The number of aromatic nitrogens is 2. The van der Waals surface area contributed by atoms with E-state index in [-0.39, 0.29) is 11.9 Å². The highest BCUT2D eigenvalue weighted by atomic mass is 32.1. The number of nitrogens with one attached hydrogen (secondary N) is 1. The molecule has 0 radical (unpaired) electrons. The van der Waals surface area contributed by atoms with Gasteiger partial charge in [-0.2, -0.15) is 0 Å². The van der Waals surface area contributed by atoms with Crippen molar-refractivity contribution in [1.29, 1.82) is 0 Å². The van der Waals surface area contributed by atoms with E-state index in [0.29, 0.717) is 6.54 Å². The van der Waals surface area contributed by atoms with Crippen molar-refractivity contribution in [2.24, 2.45) is 0 Å². The first-order valence-corrected chi connectivity index (χ1v) is 9.18. The molecule has 1 N–H and O–H groups in total. The highest BCUT2D eigenvalue weighted by molar-refractivity contribution is 7.16. The molecule has 0 spiro atoms. The number of halogens is 1. The van der Waals surface area contributed by atoms with E-state index in [2.05, 4.69) is 20.2 Å². The third-order valence-corrected chi connectivity index (χ3v) is 5.29. The number of hydrogen-bond acceptors (Lipinski definition) is 6. The van der Waals surface area contributed by atoms with Crippen LogP contribution in [0.15, 0.2) is 42.0 Å². The smallest absolute Gasteiger partial charge is 0.138 e. The molecule has 1 fully saturated rings. The highest BCUT2D eigenvalue weighted by Gasteiger charge is 2.23. The molecule has 0 bridgehead atoms. The Hall–Kier alpha value is -2.09. The number of nitrogens with zero attached hydrogens (tertiary/aromatic N) is 3. The van der Waals surface area contributed by atoms with Crippen LogP contribution in [0.2, 0.25) is 0 Å². The Bertz CT molecular complexity index is 832. The Kier molecular flexibility index (Phi) is 4.87. The third kappa shape index (κ3) is 3.63. The second-order valence-electron chi connectivity index (χ2n) is 5.96. The number of anilines is 1. The number of rotatable bonds is 5. The topological polar surface area (TPSA) is 50.3 Å². The molecule has 3 aromatic rings. The quantitative estimate of drug-likeness (QED) is 0.758. The molecule has 1 aliphatic heterocycles. The van der Waals surface area contributed by atoms with E-state index in [1.54, 1.807) is 17.7 Å². The summed E-state index contributed by atoms with van der Waals surface area (Å²) < 4.78 is 18.8. The lowest BCUT2D eigenvalue weighted by molar-refractivity contribution is 0.0187. The molecule has 130 valence electrons. The molecule has 5 nitrogen and oxygen atoms in total. The zero-order valence-corrected chi connectivity index (χ0v) is 14.5. The summed E-state index contributed by atoms with van der Waals surface area (Å²) in [6.45, 7) is 3.86. The van der Waals surface area contributed by atoms with E-state index < -0.39 is 0 Å². The van der Waals surface area contributed by atoms with Crippen LogP contribution in [0.4, 0.5) is 10.2 Å². The number of morpholine rings is 1. The fourth-order valence-electron chi connectivity index (χ4n) is 3.16. The first-order valence-electron chi connectivity index (χ1n) is 8.30. The fourth-order valence-corrected chi connectivity index (χ4v) is 3.89. The summed E-state index contributed by atoms with van der Waals surface area (Å²) in [5.41, 5.74) is 1.09. The van der Waals surface area contributed by atoms with Gasteiger partial charge in [0, 0.05) is 19.6 Å². The van der Waals surface area contributed by atoms with Crippen LogP contribution in [-0.4, -0.2) is 47.7 Å². The molecule has 2 aromatic heterocycles. The van der Waals surface area contributed by atoms with Gasteiger partial charge in [0.25, 0.3) is 0 Å². The van der Waals surface area contributed by atoms with Gasteiger partial charge < -0.3 is 10.1 Å². The van der Waals surface area contributed by atoms with Crippen LogP contribution < -0.4 is 5.32 Å². The molecule has 7 heteroatoms. The van der Waals surface area contributed by atoms with Gasteiger partial charge in [0.2, 0.25) is 0 Å². The fraction of sp³-hybridized carbons (Fsp3) is 0.333. The summed E-state index contributed by atoms with van der Waals surface area (Å²) in [5.74, 6) is 0.625. The van der Waals surface area contributed by atoms with Crippen molar-refractivity contribution in [3.63, 3.8) is 0 Å². The predicted octanol–water partition coefficient (Wildman–Crippen LogP) is 3.32. The summed E-state index contributed by atoms with van der Waals surface area (Å²) in [5, 5.41) is 6.52. The van der Waals surface area contributed by atoms with Crippen LogP contribution in [-0.2, 0) is 4.74 Å². The van der Waals surface area contributed by atoms with Crippen LogP contribution in [0.3, 0.4) is 0 Å². The predicted molar refractivity (Wildman–Crippen MR) is 97.4 cm³/mol. The van der Waals surface area contributed by atoms with E-state index in [1.807, 2.05) is 23.6 Å². The van der Waals surface area contributed by atoms with Crippen molar-refractivity contribution in [3.8, 4) is 0 Å². The Morgan fingerprint density at radius 3 is 2.76 bits per heavy atom. The number of hydrogen-bond donors (Lipinski definition) is 1. The molecule has 0 amide bonds. The van der Waals surface area contributed by atoms with Gasteiger partial charge in [-0.1, -0.05) is 12.1 Å². The number of benzene rings is 1. The zero-order chi connectivity index (χ0) is 17.1. The van der Waals surface area contributed by atoms with Crippen LogP contribution in [0.5, 0.6) is 0 Å². The van der Waals surface area contributed by atoms with Gasteiger partial charge in [-0.15, -0.1) is 11.3 Å². The second-order valence-corrected chi connectivity index (χ2v) is 6.85. The summed E-state index contributed by atoms with van der Waals surface area (Å²) in [6.07, 6.45) is 1.59. The lowest BCUT2D eigenvalue weighted by atomic mass is 10.0. The molecule has 4 rings (SSSR count). The second kappa shape index (κ2) is 7.43. The molecule has 1 aromatic carbocycles. The van der Waals surface area contributed by atoms with Gasteiger partial charge in [0.05, 0.1) is 24.6 Å². The highest BCUT2D eigenvalue weighted by Crippen LogP contribution is 2.26. The first-order chi connectivity index (χ1) is 12.3. The molecular weight excluding hydrogens is 339 g/mol. The molecule has 25 heavy (non-hydrogen) atoms. The van der Waals surface area contributed by atoms with E-state index in [4.69, 9.17) is 4.74 Å². The Morgan fingerprint density at radius 1 is 1.16 bits per heavy atom. The van der Waals surface area contributed by atoms with Crippen LogP contribution in [0, 0.1) is 5.82 Å². The summed E-state index contributed by atoms with van der Waals surface area (Å²) in [6, 6.07) is 8.92. The van der Waals surface area contributed by atoms with E-state index >= 15 is 0 Å². The third-order valence-electron chi connectivity index (χ3n) is 4.47. The number of thiophene rings is 1. The molecule has 3 heterocycles. The maximum Gasteiger partial charge on any atom is 0.138 e. The zero-order valence-electron chi connectivity index (χ0n) is 13.7. The minimum Gasteiger partial charge on any atom is -0.379 e. The van der Waals surface area contributed by atoms with Crippen molar-refractivity contribution in [1.82, 2.24) is 14.9 Å². The van der Waals surface area contributed by atoms with Crippen molar-refractivity contribution in [2.45, 2.75) is 6.04 Å². The summed E-state index contributed by atoms with van der Waals surface area (Å²) in [7, 11) is 0. The van der Waals surface area contributed by atoms with Gasteiger partial charge >= 0.3 is 0 Å². The van der Waals surface area contributed by atoms with Gasteiger partial charge in [-0.25, -0.2) is 14.4 Å². The molecule has 1 unspecified atom stereocenters. The lowest BCUT2D eigenvalue weighted by Crippen LogP contribution is -2.41. The molecule has 1 atom stereocenters. The van der Waals surface area contributed by atoms with Gasteiger partial charge in [0.15, 0.2) is 0 Å². The van der Waals surface area contributed by atoms with E-state index in [0.717, 1.165) is 47.9 Å². The maximum absolute atomic E-state index is 13.3. The Morgan fingerprint density at radius 2 is 1.96 bits per heavy atom. The van der Waals surface area contributed by atoms with Gasteiger partial charge in [0.1, 0.15) is 22.8 Å². The minimum absolute atomic E-state index is 0.133. The van der Waals surface area contributed by atoms with Gasteiger partial charge in [-0.05, 0) is 29.1 Å². The Balaban J connectivity index is 1.57. The van der Waals surface area contributed by atoms with E-state index in [9.17, 15) is 4.39 Å². The Labute approximate surface area is 149 Å². The minimum atomic E-state index is -0.215. The first kappa shape index (κ1) is 16.4. The largest absolute Gasteiger partial charge is 0.379 e. The van der Waals surface area contributed by atoms with Crippen LogP contribution >= 0.6 is 11.3 Å². The molecule has 0 aliphatic carbocycles. The van der Waals surface area contributed by atoms with Crippen molar-refractivity contribution >= 4 is 27.4 Å². The van der Waals surface area contributed by atoms with Crippen LogP contribution in [0.1, 0.15) is 11.6 Å². The molecular formula is C18H19FN4OS. The molecule has 1 aliphatic rings. The number of ether oxygens (including phenoxy) is 1. The van der Waals surface area contributed by atoms with Gasteiger partial charge in [-0.3, -0.25) is 4.90 Å². The lowest BCUT2D eigenvalue weighted by Gasteiger charge is -2.35. The van der Waals surface area contributed by atoms with E-state index in [1.165, 1.54) is 12.1 Å². The number of fused-ring (bicyclic) bond motifs is 1. The summed E-state index contributed by atoms with van der Waals surface area (Å²) in [4.78, 5) is 12.0.